The number of nitrogens with zero attached hydrogens (tertiary/aromatic N) is 2. The Bertz CT molecular complexity index is 705. The monoisotopic (exact) mass is 329 g/mol. The molecular weight excluding hydrogens is 306 g/mol. The van der Waals surface area contributed by atoms with Crippen molar-refractivity contribution in [1.29, 1.82) is 0 Å². The number of carbonyl (C=O) groups is 1. The molecule has 128 valence electrons. The maximum absolute atomic E-state index is 11.3. The molecule has 6 nitrogen and oxygen atoms in total. The summed E-state index contributed by atoms with van der Waals surface area (Å²) in [6.07, 6.45) is 8.50. The molecule has 0 aliphatic heterocycles. The molecular formula is C18H23N3O3. The van der Waals surface area contributed by atoms with Crippen molar-refractivity contribution in [3.05, 3.63) is 48.0 Å². The number of aromatic carboxylic acids is 1. The largest absolute Gasteiger partial charge is 0.478 e. The number of carboxylic acid groups (broad SMARTS) is 1. The zero-order chi connectivity index (χ0) is 17.0. The number of hydrogen-bond acceptors (Lipinski definition) is 4. The van der Waals surface area contributed by atoms with E-state index in [9.17, 15) is 15.0 Å². The van der Waals surface area contributed by atoms with Gasteiger partial charge in [-0.2, -0.15) is 0 Å². The number of para-hydroxylation sites is 1. The van der Waals surface area contributed by atoms with Gasteiger partial charge in [0.1, 0.15) is 0 Å². The average molecular weight is 329 g/mol. The second kappa shape index (κ2) is 7.15. The van der Waals surface area contributed by atoms with E-state index in [1.807, 2.05) is 6.20 Å². The van der Waals surface area contributed by atoms with E-state index in [-0.39, 0.29) is 5.56 Å². The molecule has 1 aliphatic rings. The quantitative estimate of drug-likeness (QED) is 0.757. The highest BCUT2D eigenvalue weighted by molar-refractivity contribution is 5.91. The molecule has 1 aliphatic carbocycles. The van der Waals surface area contributed by atoms with E-state index in [1.165, 1.54) is 6.42 Å². The van der Waals surface area contributed by atoms with Gasteiger partial charge >= 0.3 is 5.97 Å². The number of benzene rings is 1. The van der Waals surface area contributed by atoms with Gasteiger partial charge in [0, 0.05) is 19.3 Å². The highest BCUT2D eigenvalue weighted by Crippen LogP contribution is 2.27. The molecule has 1 heterocycles. The predicted molar refractivity (Wildman–Crippen MR) is 90.3 cm³/mol. The number of aromatic nitrogens is 2. The van der Waals surface area contributed by atoms with E-state index in [0.29, 0.717) is 18.8 Å². The molecule has 3 rings (SSSR count). The fraction of sp³-hybridized carbons (Fsp3) is 0.444. The van der Waals surface area contributed by atoms with Gasteiger partial charge in [0.25, 0.3) is 0 Å². The van der Waals surface area contributed by atoms with Crippen molar-refractivity contribution in [2.24, 2.45) is 0 Å². The second-order valence-electron chi connectivity index (χ2n) is 6.48. The van der Waals surface area contributed by atoms with Crippen LogP contribution >= 0.6 is 0 Å². The van der Waals surface area contributed by atoms with Crippen LogP contribution in [0.4, 0.5) is 0 Å². The first-order valence-corrected chi connectivity index (χ1v) is 8.36. The lowest BCUT2D eigenvalue weighted by molar-refractivity contribution is 0.00462. The van der Waals surface area contributed by atoms with Gasteiger partial charge in [-0.3, -0.25) is 0 Å². The number of imidazole rings is 1. The van der Waals surface area contributed by atoms with Crippen LogP contribution in [0.3, 0.4) is 0 Å². The molecule has 0 spiro atoms. The number of nitrogens with one attached hydrogen (secondary N) is 1. The van der Waals surface area contributed by atoms with Crippen molar-refractivity contribution in [3.63, 3.8) is 0 Å². The van der Waals surface area contributed by atoms with Crippen molar-refractivity contribution < 1.29 is 15.0 Å². The lowest BCUT2D eigenvalue weighted by Crippen LogP contribution is -2.41. The summed E-state index contributed by atoms with van der Waals surface area (Å²) >= 11 is 0. The van der Waals surface area contributed by atoms with Gasteiger partial charge in [-0.1, -0.05) is 31.4 Å². The fourth-order valence-electron chi connectivity index (χ4n) is 3.28. The van der Waals surface area contributed by atoms with E-state index < -0.39 is 11.6 Å². The summed E-state index contributed by atoms with van der Waals surface area (Å²) in [4.78, 5) is 15.6. The van der Waals surface area contributed by atoms with Gasteiger partial charge in [0.2, 0.25) is 0 Å². The van der Waals surface area contributed by atoms with Gasteiger partial charge in [0.15, 0.2) is 0 Å². The first-order valence-electron chi connectivity index (χ1n) is 8.36. The molecule has 24 heavy (non-hydrogen) atoms. The van der Waals surface area contributed by atoms with Crippen LogP contribution in [0.15, 0.2) is 36.8 Å². The smallest absolute Gasteiger partial charge is 0.337 e. The van der Waals surface area contributed by atoms with Crippen LogP contribution in [0.25, 0.3) is 5.69 Å². The van der Waals surface area contributed by atoms with Gasteiger partial charge in [-0.25, -0.2) is 9.78 Å². The number of carboxylic acids is 1. The minimum atomic E-state index is -0.960. The van der Waals surface area contributed by atoms with Gasteiger partial charge < -0.3 is 20.1 Å². The molecule has 1 fully saturated rings. The third-order valence-corrected chi connectivity index (χ3v) is 4.59. The highest BCUT2D eigenvalue weighted by atomic mass is 16.4. The minimum absolute atomic E-state index is 0.242. The lowest BCUT2D eigenvalue weighted by Gasteiger charge is -2.32. The Balaban J connectivity index is 1.63. The van der Waals surface area contributed by atoms with Crippen LogP contribution in [-0.2, 0) is 6.54 Å². The molecule has 0 unspecified atom stereocenters. The van der Waals surface area contributed by atoms with Crippen LogP contribution in [0.1, 0.15) is 48.2 Å². The molecule has 3 N–H and O–H groups in total. The summed E-state index contributed by atoms with van der Waals surface area (Å²) in [5, 5.41) is 23.0. The number of rotatable bonds is 6. The molecule has 1 saturated carbocycles. The summed E-state index contributed by atoms with van der Waals surface area (Å²) in [6.45, 7) is 1.11. The molecule has 6 heteroatoms. The van der Waals surface area contributed by atoms with Crippen molar-refractivity contribution in [2.45, 2.75) is 44.2 Å². The highest BCUT2D eigenvalue weighted by Gasteiger charge is 2.28. The normalized spacial score (nSPS) is 16.9. The molecule has 2 aromatic rings. The van der Waals surface area contributed by atoms with E-state index in [4.69, 9.17) is 0 Å². The molecule has 0 radical (unpaired) electrons. The molecule has 1 aromatic carbocycles. The Morgan fingerprint density at radius 1 is 1.25 bits per heavy atom. The Hall–Kier alpha value is -2.18. The van der Waals surface area contributed by atoms with Crippen LogP contribution in [0.5, 0.6) is 0 Å². The number of aliphatic hydroxyl groups is 1. The Morgan fingerprint density at radius 2 is 2.00 bits per heavy atom. The minimum Gasteiger partial charge on any atom is -0.478 e. The Morgan fingerprint density at radius 3 is 2.75 bits per heavy atom. The van der Waals surface area contributed by atoms with Crippen molar-refractivity contribution in [1.82, 2.24) is 14.9 Å². The molecule has 1 aromatic heterocycles. The van der Waals surface area contributed by atoms with Crippen molar-refractivity contribution >= 4 is 5.97 Å². The first-order chi connectivity index (χ1) is 11.6. The van der Waals surface area contributed by atoms with Gasteiger partial charge in [-0.15, -0.1) is 0 Å². The van der Waals surface area contributed by atoms with Gasteiger partial charge in [0.05, 0.1) is 28.9 Å². The summed E-state index contributed by atoms with van der Waals surface area (Å²) in [7, 11) is 0. The number of hydrogen-bond donors (Lipinski definition) is 3. The van der Waals surface area contributed by atoms with Crippen LogP contribution in [0.2, 0.25) is 0 Å². The lowest BCUT2D eigenvalue weighted by atomic mass is 9.85. The summed E-state index contributed by atoms with van der Waals surface area (Å²) < 4.78 is 1.72. The van der Waals surface area contributed by atoms with Crippen molar-refractivity contribution in [2.75, 3.05) is 6.54 Å². The topological polar surface area (TPSA) is 87.4 Å². The maximum atomic E-state index is 11.3. The zero-order valence-electron chi connectivity index (χ0n) is 13.6. The maximum Gasteiger partial charge on any atom is 0.337 e. The van der Waals surface area contributed by atoms with E-state index >= 15 is 0 Å². The van der Waals surface area contributed by atoms with Crippen LogP contribution in [0, 0.1) is 0 Å². The molecule has 0 amide bonds. The van der Waals surface area contributed by atoms with Crippen LogP contribution in [-0.4, -0.2) is 37.9 Å². The fourth-order valence-corrected chi connectivity index (χ4v) is 3.28. The summed E-state index contributed by atoms with van der Waals surface area (Å²) in [5.74, 6) is -0.960. The first kappa shape index (κ1) is 16.7. The third kappa shape index (κ3) is 3.83. The van der Waals surface area contributed by atoms with E-state index in [1.54, 1.807) is 35.2 Å². The SMILES string of the molecule is O=C(O)c1ccccc1-n1cnc(CNCC2(O)CCCCC2)c1. The zero-order valence-corrected chi connectivity index (χ0v) is 13.6. The Kier molecular flexibility index (Phi) is 4.97. The van der Waals surface area contributed by atoms with E-state index in [2.05, 4.69) is 10.3 Å². The molecule has 0 atom stereocenters. The predicted octanol–water partition coefficient (Wildman–Crippen LogP) is 2.36. The Labute approximate surface area is 141 Å². The molecule has 0 bridgehead atoms. The van der Waals surface area contributed by atoms with Crippen molar-refractivity contribution in [3.8, 4) is 5.69 Å². The summed E-state index contributed by atoms with van der Waals surface area (Å²) in [6, 6.07) is 6.84. The molecule has 0 saturated heterocycles. The summed E-state index contributed by atoms with van der Waals surface area (Å²) in [5.41, 5.74) is 1.05. The second-order valence-corrected chi connectivity index (χ2v) is 6.48. The van der Waals surface area contributed by atoms with Crippen LogP contribution < -0.4 is 5.32 Å². The van der Waals surface area contributed by atoms with E-state index in [0.717, 1.165) is 31.4 Å². The standard InChI is InChI=1S/C18H23N3O3/c22-17(23)15-6-2-3-7-16(15)21-11-14(20-13-21)10-19-12-18(24)8-4-1-5-9-18/h2-3,6-7,11,13,19,24H,1,4-5,8-10,12H2,(H,22,23). The average Bonchev–Trinajstić information content (AvgIpc) is 3.04. The third-order valence-electron chi connectivity index (χ3n) is 4.59. The van der Waals surface area contributed by atoms with Gasteiger partial charge in [-0.05, 0) is 25.0 Å².